The molecule has 0 unspecified atom stereocenters. The van der Waals surface area contributed by atoms with Crippen molar-refractivity contribution in [2.75, 3.05) is 0 Å². The molecule has 1 N–H and O–H groups in total. The number of carbonyl (C=O) groups is 1. The molecule has 0 spiro atoms. The van der Waals surface area contributed by atoms with E-state index in [1.54, 1.807) is 6.07 Å². The number of benzene rings is 2. The monoisotopic (exact) mass is 378 g/mol. The van der Waals surface area contributed by atoms with Gasteiger partial charge in [0, 0.05) is 19.2 Å². The van der Waals surface area contributed by atoms with E-state index in [4.69, 9.17) is 0 Å². The molecule has 3 aromatic rings. The quantitative estimate of drug-likeness (QED) is 0.539. The minimum absolute atomic E-state index is 0.0147. The van der Waals surface area contributed by atoms with Crippen LogP contribution in [0.2, 0.25) is 0 Å². The molecule has 0 saturated carbocycles. The number of hydrogen-bond donors (Lipinski definition) is 1. The molecule has 3 rings (SSSR count). The van der Waals surface area contributed by atoms with Crippen molar-refractivity contribution in [1.82, 2.24) is 10.3 Å². The van der Waals surface area contributed by atoms with Crippen LogP contribution in [-0.2, 0) is 4.79 Å². The van der Waals surface area contributed by atoms with Crippen LogP contribution in [0, 0.1) is 10.1 Å². The molecule has 0 fully saturated rings. The fourth-order valence-corrected chi connectivity index (χ4v) is 3.20. The highest BCUT2D eigenvalue weighted by Gasteiger charge is 2.23. The van der Waals surface area contributed by atoms with Gasteiger partial charge in [0.15, 0.2) is 0 Å². The van der Waals surface area contributed by atoms with E-state index in [1.165, 1.54) is 25.3 Å². The molecule has 0 saturated heterocycles. The Hall–Kier alpha value is -3.48. The van der Waals surface area contributed by atoms with Crippen molar-refractivity contribution in [3.63, 3.8) is 0 Å². The third-order valence-corrected chi connectivity index (χ3v) is 4.64. The number of non-ortho nitro benzene ring substituents is 1. The third kappa shape index (κ3) is 3.64. The summed E-state index contributed by atoms with van der Waals surface area (Å²) in [6.07, 6.45) is 1.42. The highest BCUT2D eigenvalue weighted by Crippen LogP contribution is 2.38. The molecular weight excluding hydrogens is 358 g/mol. The Morgan fingerprint density at radius 1 is 1.14 bits per heavy atom. The van der Waals surface area contributed by atoms with Crippen molar-refractivity contribution in [3.8, 4) is 5.75 Å². The van der Waals surface area contributed by atoms with Crippen molar-refractivity contribution in [1.29, 1.82) is 0 Å². The number of rotatable bonds is 5. The van der Waals surface area contributed by atoms with E-state index in [9.17, 15) is 20.0 Å². The van der Waals surface area contributed by atoms with E-state index < -0.39 is 16.7 Å². The molecule has 0 radical (unpaired) electrons. The van der Waals surface area contributed by atoms with E-state index >= 15 is 0 Å². The first-order valence-electron chi connectivity index (χ1n) is 8.89. The Bertz CT molecular complexity index is 1050. The smallest absolute Gasteiger partial charge is 0.279 e. The number of amides is 1. The second-order valence-corrected chi connectivity index (χ2v) is 6.93. The SMILES string of the molecule is CC(=O)N[C@H](c1ccc(C(C)C)cc1)c1cc([N+](=O)[O-])c2cccnc2c1[O-]. The maximum Gasteiger partial charge on any atom is 0.279 e. The normalized spacial score (nSPS) is 12.1. The Kier molecular flexibility index (Phi) is 5.26. The van der Waals surface area contributed by atoms with Crippen LogP contribution >= 0.6 is 0 Å². The summed E-state index contributed by atoms with van der Waals surface area (Å²) < 4.78 is 0. The van der Waals surface area contributed by atoms with Gasteiger partial charge in [-0.2, -0.15) is 0 Å². The summed E-state index contributed by atoms with van der Waals surface area (Å²) in [6.45, 7) is 5.47. The van der Waals surface area contributed by atoms with Crippen LogP contribution in [0.5, 0.6) is 5.75 Å². The van der Waals surface area contributed by atoms with Gasteiger partial charge in [0.1, 0.15) is 0 Å². The first kappa shape index (κ1) is 19.3. The van der Waals surface area contributed by atoms with Gasteiger partial charge in [-0.05, 0) is 34.7 Å². The average molecular weight is 378 g/mol. The molecule has 0 aliphatic heterocycles. The number of pyridine rings is 1. The van der Waals surface area contributed by atoms with E-state index in [-0.39, 0.29) is 28.1 Å². The van der Waals surface area contributed by atoms with Crippen LogP contribution in [0.15, 0.2) is 48.7 Å². The third-order valence-electron chi connectivity index (χ3n) is 4.64. The minimum Gasteiger partial charge on any atom is -0.871 e. The van der Waals surface area contributed by atoms with Crippen LogP contribution in [0.25, 0.3) is 10.9 Å². The van der Waals surface area contributed by atoms with Crippen molar-refractivity contribution in [3.05, 3.63) is 75.5 Å². The number of hydrogen-bond acceptors (Lipinski definition) is 5. The van der Waals surface area contributed by atoms with Crippen LogP contribution in [0.1, 0.15) is 49.4 Å². The fraction of sp³-hybridized carbons (Fsp3) is 0.238. The Labute approximate surface area is 162 Å². The topological polar surface area (TPSA) is 108 Å². The molecule has 0 bridgehead atoms. The zero-order valence-corrected chi connectivity index (χ0v) is 15.8. The molecule has 7 nitrogen and oxygen atoms in total. The van der Waals surface area contributed by atoms with E-state index in [1.807, 2.05) is 24.3 Å². The lowest BCUT2D eigenvalue weighted by Gasteiger charge is -2.25. The van der Waals surface area contributed by atoms with Crippen LogP contribution in [-0.4, -0.2) is 15.8 Å². The summed E-state index contributed by atoms with van der Waals surface area (Å²) in [6, 6.07) is 11.0. The average Bonchev–Trinajstić information content (AvgIpc) is 2.66. The van der Waals surface area contributed by atoms with Crippen molar-refractivity contribution in [2.24, 2.45) is 0 Å². The zero-order chi connectivity index (χ0) is 20.4. The van der Waals surface area contributed by atoms with Crippen molar-refractivity contribution in [2.45, 2.75) is 32.7 Å². The lowest BCUT2D eigenvalue weighted by atomic mass is 9.93. The molecule has 1 aromatic heterocycles. The number of nitrogens with zero attached hydrogens (tertiary/aromatic N) is 2. The van der Waals surface area contributed by atoms with E-state index in [0.717, 1.165) is 5.56 Å². The zero-order valence-electron chi connectivity index (χ0n) is 15.8. The molecule has 7 heteroatoms. The number of nitro benzene ring substituents is 1. The summed E-state index contributed by atoms with van der Waals surface area (Å²) >= 11 is 0. The first-order valence-corrected chi connectivity index (χ1v) is 8.89. The van der Waals surface area contributed by atoms with Gasteiger partial charge in [0.25, 0.3) is 5.69 Å². The second-order valence-electron chi connectivity index (χ2n) is 6.93. The Morgan fingerprint density at radius 2 is 1.79 bits per heavy atom. The van der Waals surface area contributed by atoms with Gasteiger partial charge in [-0.1, -0.05) is 43.9 Å². The number of carbonyl (C=O) groups excluding carboxylic acids is 1. The Balaban J connectivity index is 2.23. The van der Waals surface area contributed by atoms with Crippen LogP contribution in [0.4, 0.5) is 5.69 Å². The largest absolute Gasteiger partial charge is 0.871 e. The molecule has 28 heavy (non-hydrogen) atoms. The second kappa shape index (κ2) is 7.64. The summed E-state index contributed by atoms with van der Waals surface area (Å²) in [5.41, 5.74) is 1.69. The van der Waals surface area contributed by atoms with Gasteiger partial charge in [-0.3, -0.25) is 19.9 Å². The van der Waals surface area contributed by atoms with Gasteiger partial charge in [0.2, 0.25) is 5.91 Å². The van der Waals surface area contributed by atoms with Crippen LogP contribution in [0.3, 0.4) is 0 Å². The molecule has 0 aliphatic carbocycles. The molecule has 0 aliphatic rings. The molecule has 1 amide bonds. The van der Waals surface area contributed by atoms with Gasteiger partial charge < -0.3 is 10.4 Å². The van der Waals surface area contributed by atoms with E-state index in [0.29, 0.717) is 11.5 Å². The number of aromatic nitrogens is 1. The number of nitrogens with one attached hydrogen (secondary N) is 1. The highest BCUT2D eigenvalue weighted by molar-refractivity contribution is 5.93. The predicted octanol–water partition coefficient (Wildman–Crippen LogP) is 3.57. The van der Waals surface area contributed by atoms with Crippen LogP contribution < -0.4 is 10.4 Å². The fourth-order valence-electron chi connectivity index (χ4n) is 3.20. The summed E-state index contributed by atoms with van der Waals surface area (Å²) in [5.74, 6) is -0.455. The molecule has 1 heterocycles. The maximum atomic E-state index is 13.0. The van der Waals surface area contributed by atoms with Gasteiger partial charge in [0.05, 0.1) is 21.9 Å². The Morgan fingerprint density at radius 3 is 2.36 bits per heavy atom. The lowest BCUT2D eigenvalue weighted by Crippen LogP contribution is -2.28. The highest BCUT2D eigenvalue weighted by atomic mass is 16.6. The molecular formula is C21H20N3O4-. The van der Waals surface area contributed by atoms with E-state index in [2.05, 4.69) is 24.1 Å². The molecule has 1 atom stereocenters. The maximum absolute atomic E-state index is 13.0. The van der Waals surface area contributed by atoms with Crippen molar-refractivity contribution < 1.29 is 14.8 Å². The van der Waals surface area contributed by atoms with Gasteiger partial charge in [-0.15, -0.1) is 0 Å². The summed E-state index contributed by atoms with van der Waals surface area (Å²) in [4.78, 5) is 26.9. The molecule has 2 aromatic carbocycles. The standard InChI is InChI=1S/C21H21N3O4/c1-12(2)14-6-8-15(9-7-14)19(23-13(3)25)17-11-18(24(27)28)16-5-4-10-22-20(16)21(17)26/h4-12,19,26H,1-3H3,(H,23,25)/p-1/t19-/m1/s1. The number of nitro groups is 1. The lowest BCUT2D eigenvalue weighted by molar-refractivity contribution is -0.383. The molecule has 144 valence electrons. The van der Waals surface area contributed by atoms with Gasteiger partial charge in [-0.25, -0.2) is 0 Å². The van der Waals surface area contributed by atoms with Gasteiger partial charge >= 0.3 is 0 Å². The first-order chi connectivity index (χ1) is 13.3. The minimum atomic E-state index is -0.809. The summed E-state index contributed by atoms with van der Waals surface area (Å²) in [5, 5.41) is 27.5. The van der Waals surface area contributed by atoms with Crippen molar-refractivity contribution >= 4 is 22.5 Å². The summed E-state index contributed by atoms with van der Waals surface area (Å²) in [7, 11) is 0. The number of fused-ring (bicyclic) bond motifs is 1. The predicted molar refractivity (Wildman–Crippen MR) is 104 cm³/mol.